The fourth-order valence-electron chi connectivity index (χ4n) is 3.70. The van der Waals surface area contributed by atoms with Crippen LogP contribution in [0.15, 0.2) is 83.8 Å². The van der Waals surface area contributed by atoms with E-state index in [1.54, 1.807) is 36.4 Å². The number of aliphatic hydroxyl groups is 1. The first-order valence-electron chi connectivity index (χ1n) is 9.07. The SMILES string of the molecule is Cc1ccc(S(=O)(=O)N2c3ccccc3[C@@H](N(C)c3ccccc3)[C@@H]2O)cc1. The second-order valence-corrected chi connectivity index (χ2v) is 8.79. The minimum absolute atomic E-state index is 0.162. The molecule has 0 spiro atoms. The lowest BCUT2D eigenvalue weighted by Crippen LogP contribution is -2.43. The molecule has 0 saturated carbocycles. The molecule has 28 heavy (non-hydrogen) atoms. The molecule has 1 aliphatic rings. The van der Waals surface area contributed by atoms with Crippen molar-refractivity contribution in [1.82, 2.24) is 0 Å². The Morgan fingerprint density at radius 1 is 0.893 bits per heavy atom. The molecule has 0 aliphatic carbocycles. The maximum absolute atomic E-state index is 13.4. The van der Waals surface area contributed by atoms with Crippen molar-refractivity contribution in [3.63, 3.8) is 0 Å². The highest BCUT2D eigenvalue weighted by Crippen LogP contribution is 2.45. The third-order valence-corrected chi connectivity index (χ3v) is 6.97. The van der Waals surface area contributed by atoms with Crippen molar-refractivity contribution in [2.24, 2.45) is 0 Å². The summed E-state index contributed by atoms with van der Waals surface area (Å²) in [5, 5.41) is 11.2. The van der Waals surface area contributed by atoms with Gasteiger partial charge < -0.3 is 10.0 Å². The van der Waals surface area contributed by atoms with Gasteiger partial charge in [-0.15, -0.1) is 0 Å². The Labute approximate surface area is 165 Å². The largest absolute Gasteiger partial charge is 0.370 e. The molecule has 0 unspecified atom stereocenters. The van der Waals surface area contributed by atoms with E-state index in [1.807, 2.05) is 61.3 Å². The minimum atomic E-state index is -3.91. The lowest BCUT2D eigenvalue weighted by molar-refractivity contribution is 0.164. The van der Waals surface area contributed by atoms with Gasteiger partial charge in [0.05, 0.1) is 10.6 Å². The first-order chi connectivity index (χ1) is 13.4. The zero-order valence-corrected chi connectivity index (χ0v) is 16.5. The smallest absolute Gasteiger partial charge is 0.266 e. The number of aryl methyl sites for hydroxylation is 1. The Kier molecular flexibility index (Phi) is 4.61. The highest BCUT2D eigenvalue weighted by atomic mass is 32.2. The van der Waals surface area contributed by atoms with Crippen LogP contribution in [0.4, 0.5) is 11.4 Å². The van der Waals surface area contributed by atoms with Crippen LogP contribution in [0.2, 0.25) is 0 Å². The number of nitrogens with zero attached hydrogens (tertiary/aromatic N) is 2. The summed E-state index contributed by atoms with van der Waals surface area (Å²) in [6, 6.07) is 23.0. The first-order valence-corrected chi connectivity index (χ1v) is 10.5. The summed E-state index contributed by atoms with van der Waals surface area (Å²) in [6.45, 7) is 1.90. The Morgan fingerprint density at radius 2 is 1.50 bits per heavy atom. The highest BCUT2D eigenvalue weighted by Gasteiger charge is 2.45. The van der Waals surface area contributed by atoms with Crippen LogP contribution in [0.3, 0.4) is 0 Å². The second-order valence-electron chi connectivity index (χ2n) is 6.98. The van der Waals surface area contributed by atoms with Gasteiger partial charge in [0, 0.05) is 18.3 Å². The molecule has 0 amide bonds. The molecular weight excluding hydrogens is 372 g/mol. The van der Waals surface area contributed by atoms with Crippen LogP contribution in [0.5, 0.6) is 0 Å². The number of hydrogen-bond donors (Lipinski definition) is 1. The predicted molar refractivity (Wildman–Crippen MR) is 111 cm³/mol. The van der Waals surface area contributed by atoms with Gasteiger partial charge in [-0.05, 0) is 37.3 Å². The predicted octanol–water partition coefficient (Wildman–Crippen LogP) is 3.70. The molecule has 0 saturated heterocycles. The summed E-state index contributed by atoms with van der Waals surface area (Å²) in [5.41, 5.74) is 3.15. The molecule has 6 heteroatoms. The molecule has 0 aromatic heterocycles. The van der Waals surface area contributed by atoms with Crippen LogP contribution in [-0.2, 0) is 10.0 Å². The van der Waals surface area contributed by atoms with Crippen LogP contribution in [-0.4, -0.2) is 26.8 Å². The third kappa shape index (κ3) is 2.95. The first kappa shape index (κ1) is 18.5. The molecule has 3 aromatic rings. The number of sulfonamides is 1. The van der Waals surface area contributed by atoms with E-state index in [9.17, 15) is 13.5 Å². The second kappa shape index (κ2) is 6.96. The molecule has 0 fully saturated rings. The van der Waals surface area contributed by atoms with E-state index < -0.39 is 22.3 Å². The van der Waals surface area contributed by atoms with Crippen molar-refractivity contribution in [2.75, 3.05) is 16.3 Å². The van der Waals surface area contributed by atoms with E-state index in [-0.39, 0.29) is 4.90 Å². The van der Waals surface area contributed by atoms with E-state index in [0.717, 1.165) is 21.1 Å². The average Bonchev–Trinajstić information content (AvgIpc) is 3.01. The quantitative estimate of drug-likeness (QED) is 0.733. The maximum atomic E-state index is 13.4. The lowest BCUT2D eigenvalue weighted by Gasteiger charge is -2.32. The van der Waals surface area contributed by atoms with Gasteiger partial charge in [-0.3, -0.25) is 0 Å². The zero-order valence-electron chi connectivity index (χ0n) is 15.7. The fraction of sp³-hybridized carbons (Fsp3) is 0.182. The number of hydrogen-bond acceptors (Lipinski definition) is 4. The van der Waals surface area contributed by atoms with Crippen LogP contribution in [0, 0.1) is 6.92 Å². The number of benzene rings is 3. The van der Waals surface area contributed by atoms with Gasteiger partial charge in [-0.2, -0.15) is 0 Å². The van der Waals surface area contributed by atoms with Gasteiger partial charge in [0.1, 0.15) is 6.04 Å². The summed E-state index contributed by atoms with van der Waals surface area (Å²) in [6.07, 6.45) is -1.24. The van der Waals surface area contributed by atoms with Crippen molar-refractivity contribution < 1.29 is 13.5 Å². The van der Waals surface area contributed by atoms with Crippen molar-refractivity contribution in [3.05, 3.63) is 90.0 Å². The van der Waals surface area contributed by atoms with Crippen LogP contribution >= 0.6 is 0 Å². The van der Waals surface area contributed by atoms with Gasteiger partial charge in [-0.25, -0.2) is 12.7 Å². The van der Waals surface area contributed by atoms with Gasteiger partial charge >= 0.3 is 0 Å². The van der Waals surface area contributed by atoms with Crippen LogP contribution in [0.1, 0.15) is 17.2 Å². The van der Waals surface area contributed by atoms with Gasteiger partial charge in [0.2, 0.25) is 0 Å². The third-order valence-electron chi connectivity index (χ3n) is 5.17. The Bertz CT molecular complexity index is 1080. The normalized spacial score (nSPS) is 18.8. The van der Waals surface area contributed by atoms with E-state index >= 15 is 0 Å². The molecule has 1 N–H and O–H groups in total. The van der Waals surface area contributed by atoms with E-state index in [4.69, 9.17) is 0 Å². The summed E-state index contributed by atoms with van der Waals surface area (Å²) in [4.78, 5) is 2.07. The van der Waals surface area contributed by atoms with Crippen LogP contribution in [0.25, 0.3) is 0 Å². The summed E-state index contributed by atoms with van der Waals surface area (Å²) in [5.74, 6) is 0. The molecule has 1 heterocycles. The topological polar surface area (TPSA) is 60.9 Å². The molecule has 0 bridgehead atoms. The molecule has 4 rings (SSSR count). The van der Waals surface area contributed by atoms with Gasteiger partial charge in [0.15, 0.2) is 6.23 Å². The number of likely N-dealkylation sites (N-methyl/N-ethyl adjacent to an activating group) is 1. The molecule has 144 valence electrons. The molecule has 0 radical (unpaired) electrons. The monoisotopic (exact) mass is 394 g/mol. The zero-order chi connectivity index (χ0) is 19.9. The number of aliphatic hydroxyl groups excluding tert-OH is 1. The van der Waals surface area contributed by atoms with Crippen molar-refractivity contribution in [1.29, 1.82) is 0 Å². The maximum Gasteiger partial charge on any atom is 0.266 e. The molecule has 3 aromatic carbocycles. The molecule has 2 atom stereocenters. The number of fused-ring (bicyclic) bond motifs is 1. The number of rotatable bonds is 4. The molecule has 1 aliphatic heterocycles. The van der Waals surface area contributed by atoms with Gasteiger partial charge in [0.25, 0.3) is 10.0 Å². The van der Waals surface area contributed by atoms with E-state index in [1.165, 1.54) is 0 Å². The lowest BCUT2D eigenvalue weighted by atomic mass is 10.1. The van der Waals surface area contributed by atoms with Crippen molar-refractivity contribution in [2.45, 2.75) is 24.1 Å². The minimum Gasteiger partial charge on any atom is -0.370 e. The van der Waals surface area contributed by atoms with E-state index in [2.05, 4.69) is 0 Å². The Balaban J connectivity index is 1.81. The Hall–Kier alpha value is -2.83. The number of anilines is 2. The summed E-state index contributed by atoms with van der Waals surface area (Å²) in [7, 11) is -2.05. The average molecular weight is 394 g/mol. The molecule has 5 nitrogen and oxygen atoms in total. The molecular formula is C22H22N2O3S. The standard InChI is InChI=1S/C22H22N2O3S/c1-16-12-14-18(15-13-16)28(26,27)24-20-11-7-6-10-19(20)21(22(24)25)23(2)17-8-4-3-5-9-17/h3-15,21-22,25H,1-2H3/t21-,22+/m1/s1. The fourth-order valence-corrected chi connectivity index (χ4v) is 5.23. The Morgan fingerprint density at radius 3 is 2.18 bits per heavy atom. The van der Waals surface area contributed by atoms with Gasteiger partial charge in [-0.1, -0.05) is 54.1 Å². The van der Waals surface area contributed by atoms with Crippen molar-refractivity contribution in [3.8, 4) is 0 Å². The van der Waals surface area contributed by atoms with Crippen molar-refractivity contribution >= 4 is 21.4 Å². The van der Waals surface area contributed by atoms with Crippen LogP contribution < -0.4 is 9.21 Å². The summed E-state index contributed by atoms with van der Waals surface area (Å²) >= 11 is 0. The number of para-hydroxylation sites is 2. The summed E-state index contributed by atoms with van der Waals surface area (Å²) < 4.78 is 27.9. The van der Waals surface area contributed by atoms with E-state index in [0.29, 0.717) is 5.69 Å². The highest BCUT2D eigenvalue weighted by molar-refractivity contribution is 7.92.